The minimum absolute atomic E-state index is 0.134. The van der Waals surface area contributed by atoms with Crippen LogP contribution < -0.4 is 5.32 Å². The number of hydrogen-bond donors (Lipinski definition) is 1. The molecule has 0 aliphatic heterocycles. The van der Waals surface area contributed by atoms with Crippen LogP contribution in [0.4, 0.5) is 4.39 Å². The Morgan fingerprint density at radius 3 is 2.54 bits per heavy atom. The summed E-state index contributed by atoms with van der Waals surface area (Å²) < 4.78 is 13.0. The van der Waals surface area contributed by atoms with E-state index in [1.165, 1.54) is 12.1 Å². The Labute approximate surface area is 140 Å². The van der Waals surface area contributed by atoms with Gasteiger partial charge in [0, 0.05) is 17.6 Å². The van der Waals surface area contributed by atoms with Crippen molar-refractivity contribution in [2.75, 3.05) is 0 Å². The van der Waals surface area contributed by atoms with Gasteiger partial charge in [-0.3, -0.25) is 9.78 Å². The number of fused-ring (bicyclic) bond motifs is 1. The van der Waals surface area contributed by atoms with Gasteiger partial charge in [0.05, 0.1) is 11.1 Å². The van der Waals surface area contributed by atoms with Crippen molar-refractivity contribution in [3.05, 3.63) is 76.7 Å². The van der Waals surface area contributed by atoms with Gasteiger partial charge < -0.3 is 5.32 Å². The molecule has 3 rings (SSSR count). The molecule has 3 aromatic rings. The summed E-state index contributed by atoms with van der Waals surface area (Å²) in [6, 6.07) is 13.8. The lowest BCUT2D eigenvalue weighted by Crippen LogP contribution is -2.24. The van der Waals surface area contributed by atoms with Crippen molar-refractivity contribution >= 4 is 16.8 Å². The zero-order valence-electron chi connectivity index (χ0n) is 13.8. The summed E-state index contributed by atoms with van der Waals surface area (Å²) in [4.78, 5) is 17.4. The van der Waals surface area contributed by atoms with Crippen molar-refractivity contribution in [1.29, 1.82) is 0 Å². The highest BCUT2D eigenvalue weighted by molar-refractivity contribution is 6.07. The first-order chi connectivity index (χ1) is 11.6. The third-order valence-electron chi connectivity index (χ3n) is 4.16. The van der Waals surface area contributed by atoms with E-state index in [1.54, 1.807) is 12.1 Å². The number of halogens is 1. The van der Waals surface area contributed by atoms with Crippen molar-refractivity contribution in [3.63, 3.8) is 0 Å². The molecule has 0 fully saturated rings. The summed E-state index contributed by atoms with van der Waals surface area (Å²) >= 11 is 0. The number of nitrogens with one attached hydrogen (secondary N) is 1. The van der Waals surface area contributed by atoms with E-state index in [0.717, 1.165) is 34.1 Å². The first-order valence-corrected chi connectivity index (χ1v) is 8.01. The van der Waals surface area contributed by atoms with E-state index in [-0.39, 0.29) is 11.7 Å². The Bertz CT molecular complexity index is 888. The summed E-state index contributed by atoms with van der Waals surface area (Å²) in [6.07, 6.45) is 0.773. The standard InChI is InChI=1S/C20H19FN2O/c1-3-17-13(2)19(16-6-4-5-7-18(16)23-17)20(24)22-12-14-8-10-15(21)11-9-14/h4-11H,3,12H2,1-2H3,(H,22,24). The second-order valence-corrected chi connectivity index (χ2v) is 5.74. The lowest BCUT2D eigenvalue weighted by Gasteiger charge is -2.14. The molecule has 4 heteroatoms. The number of amides is 1. The Morgan fingerprint density at radius 2 is 1.83 bits per heavy atom. The van der Waals surface area contributed by atoms with E-state index in [1.807, 2.05) is 38.1 Å². The third-order valence-corrected chi connectivity index (χ3v) is 4.16. The molecule has 0 bridgehead atoms. The summed E-state index contributed by atoms with van der Waals surface area (Å²) in [7, 11) is 0. The van der Waals surface area contributed by atoms with Gasteiger partial charge in [0.2, 0.25) is 0 Å². The zero-order chi connectivity index (χ0) is 17.1. The van der Waals surface area contributed by atoms with Crippen LogP contribution in [0.5, 0.6) is 0 Å². The molecular formula is C20H19FN2O. The number of rotatable bonds is 4. The number of carbonyl (C=O) groups is 1. The van der Waals surface area contributed by atoms with Gasteiger partial charge in [0.1, 0.15) is 5.82 Å². The Morgan fingerprint density at radius 1 is 1.12 bits per heavy atom. The van der Waals surface area contributed by atoms with Crippen LogP contribution in [0.1, 0.15) is 34.1 Å². The maximum Gasteiger partial charge on any atom is 0.252 e. The van der Waals surface area contributed by atoms with Crippen molar-refractivity contribution < 1.29 is 9.18 Å². The highest BCUT2D eigenvalue weighted by Crippen LogP contribution is 2.23. The molecule has 0 unspecified atom stereocenters. The molecule has 1 amide bonds. The van der Waals surface area contributed by atoms with Crippen LogP contribution in [0, 0.1) is 12.7 Å². The average molecular weight is 322 g/mol. The van der Waals surface area contributed by atoms with Crippen LogP contribution in [0.15, 0.2) is 48.5 Å². The quantitative estimate of drug-likeness (QED) is 0.783. The van der Waals surface area contributed by atoms with Crippen molar-refractivity contribution in [2.45, 2.75) is 26.8 Å². The van der Waals surface area contributed by atoms with Crippen LogP contribution in [-0.2, 0) is 13.0 Å². The van der Waals surface area contributed by atoms with Crippen molar-refractivity contribution in [1.82, 2.24) is 10.3 Å². The van der Waals surface area contributed by atoms with Gasteiger partial charge in [0.15, 0.2) is 0 Å². The van der Waals surface area contributed by atoms with Gasteiger partial charge in [-0.1, -0.05) is 37.3 Å². The van der Waals surface area contributed by atoms with Crippen LogP contribution in [-0.4, -0.2) is 10.9 Å². The molecule has 0 aliphatic rings. The summed E-state index contributed by atoms with van der Waals surface area (Å²) in [5, 5.41) is 3.78. The number of aromatic nitrogens is 1. The lowest BCUT2D eigenvalue weighted by molar-refractivity contribution is 0.0952. The molecular weight excluding hydrogens is 303 g/mol. The number of aryl methyl sites for hydroxylation is 1. The Hall–Kier alpha value is -2.75. The Balaban J connectivity index is 1.93. The van der Waals surface area contributed by atoms with Crippen LogP contribution >= 0.6 is 0 Å². The van der Waals surface area contributed by atoms with E-state index in [0.29, 0.717) is 12.1 Å². The number of para-hydroxylation sites is 1. The fourth-order valence-electron chi connectivity index (χ4n) is 2.87. The molecule has 2 aromatic carbocycles. The highest BCUT2D eigenvalue weighted by atomic mass is 19.1. The topological polar surface area (TPSA) is 42.0 Å². The first-order valence-electron chi connectivity index (χ1n) is 8.01. The van der Waals surface area contributed by atoms with Crippen LogP contribution in [0.25, 0.3) is 10.9 Å². The summed E-state index contributed by atoms with van der Waals surface area (Å²) in [5.41, 5.74) is 4.19. The number of pyridine rings is 1. The average Bonchev–Trinajstić information content (AvgIpc) is 2.60. The molecule has 0 radical (unpaired) electrons. The normalized spacial score (nSPS) is 10.8. The molecule has 122 valence electrons. The van der Waals surface area contributed by atoms with Gasteiger partial charge in [-0.05, 0) is 42.7 Å². The largest absolute Gasteiger partial charge is 0.348 e. The SMILES string of the molecule is CCc1nc2ccccc2c(C(=O)NCc2ccc(F)cc2)c1C. The molecule has 0 spiro atoms. The molecule has 0 atom stereocenters. The van der Waals surface area contributed by atoms with E-state index in [2.05, 4.69) is 10.3 Å². The molecule has 0 aliphatic carbocycles. The number of carbonyl (C=O) groups excluding carboxylic acids is 1. The third kappa shape index (κ3) is 3.13. The fourth-order valence-corrected chi connectivity index (χ4v) is 2.87. The number of benzene rings is 2. The molecule has 3 nitrogen and oxygen atoms in total. The molecule has 1 N–H and O–H groups in total. The van der Waals surface area contributed by atoms with Gasteiger partial charge in [-0.2, -0.15) is 0 Å². The minimum Gasteiger partial charge on any atom is -0.348 e. The fraction of sp³-hybridized carbons (Fsp3) is 0.200. The van der Waals surface area contributed by atoms with E-state index < -0.39 is 0 Å². The van der Waals surface area contributed by atoms with E-state index in [4.69, 9.17) is 0 Å². The molecule has 0 saturated carbocycles. The second-order valence-electron chi connectivity index (χ2n) is 5.74. The maximum absolute atomic E-state index is 13.0. The van der Waals surface area contributed by atoms with Crippen LogP contribution in [0.2, 0.25) is 0 Å². The van der Waals surface area contributed by atoms with Crippen LogP contribution in [0.3, 0.4) is 0 Å². The predicted octanol–water partition coefficient (Wildman–Crippen LogP) is 4.17. The monoisotopic (exact) mass is 322 g/mol. The van der Waals surface area contributed by atoms with Crippen molar-refractivity contribution in [2.24, 2.45) is 0 Å². The zero-order valence-corrected chi connectivity index (χ0v) is 13.8. The highest BCUT2D eigenvalue weighted by Gasteiger charge is 2.16. The van der Waals surface area contributed by atoms with Crippen molar-refractivity contribution in [3.8, 4) is 0 Å². The van der Waals surface area contributed by atoms with Gasteiger partial charge in [-0.25, -0.2) is 4.39 Å². The van der Waals surface area contributed by atoms with E-state index in [9.17, 15) is 9.18 Å². The predicted molar refractivity (Wildman–Crippen MR) is 93.4 cm³/mol. The smallest absolute Gasteiger partial charge is 0.252 e. The maximum atomic E-state index is 13.0. The minimum atomic E-state index is -0.284. The van der Waals surface area contributed by atoms with E-state index >= 15 is 0 Å². The summed E-state index contributed by atoms with van der Waals surface area (Å²) in [6.45, 7) is 4.33. The second kappa shape index (κ2) is 6.79. The molecule has 1 heterocycles. The summed E-state index contributed by atoms with van der Waals surface area (Å²) in [5.74, 6) is -0.418. The molecule has 1 aromatic heterocycles. The lowest BCUT2D eigenvalue weighted by atomic mass is 9.99. The first kappa shape index (κ1) is 16.1. The molecule has 24 heavy (non-hydrogen) atoms. The van der Waals surface area contributed by atoms with Gasteiger partial charge in [0.25, 0.3) is 5.91 Å². The Kier molecular flexibility index (Phi) is 4.56. The van der Waals surface area contributed by atoms with Gasteiger partial charge in [-0.15, -0.1) is 0 Å². The van der Waals surface area contributed by atoms with Gasteiger partial charge >= 0.3 is 0 Å². The number of nitrogens with zero attached hydrogens (tertiary/aromatic N) is 1. The molecule has 0 saturated heterocycles. The number of hydrogen-bond acceptors (Lipinski definition) is 2.